The summed E-state index contributed by atoms with van der Waals surface area (Å²) in [4.78, 5) is 11.1. The minimum absolute atomic E-state index is 0.392. The van der Waals surface area contributed by atoms with Crippen LogP contribution in [0.1, 0.15) is 0 Å². The van der Waals surface area contributed by atoms with Crippen molar-refractivity contribution in [1.82, 2.24) is 10.9 Å². The molecule has 0 fully saturated rings. The van der Waals surface area contributed by atoms with Gasteiger partial charge in [-0.2, -0.15) is 0 Å². The lowest BCUT2D eigenvalue weighted by atomic mass is 10.3. The van der Waals surface area contributed by atoms with Gasteiger partial charge in [0.2, 0.25) is 0 Å². The number of nitrogens with one attached hydrogen (secondary N) is 3. The standard InChI is InChI=1S/C8H9Cl2N3O/c1-11-13-8(14)12-7-5(9)3-2-4-6(7)10/h2-4,11H,1H3,(H2,12,13,14). The van der Waals surface area contributed by atoms with E-state index in [0.29, 0.717) is 15.7 Å². The van der Waals surface area contributed by atoms with Crippen molar-refractivity contribution < 1.29 is 4.79 Å². The molecule has 0 aliphatic rings. The molecule has 0 spiro atoms. The fourth-order valence-electron chi connectivity index (χ4n) is 0.876. The largest absolute Gasteiger partial charge is 0.333 e. The zero-order valence-electron chi connectivity index (χ0n) is 7.40. The van der Waals surface area contributed by atoms with Gasteiger partial charge in [-0.05, 0) is 12.1 Å². The number of benzene rings is 1. The first-order valence-electron chi connectivity index (χ1n) is 3.83. The van der Waals surface area contributed by atoms with E-state index >= 15 is 0 Å². The summed E-state index contributed by atoms with van der Waals surface area (Å²) < 4.78 is 0. The molecule has 0 aromatic heterocycles. The number of carbonyl (C=O) groups excluding carboxylic acids is 1. The molecule has 0 saturated heterocycles. The van der Waals surface area contributed by atoms with Crippen LogP contribution in [0.25, 0.3) is 0 Å². The molecule has 0 radical (unpaired) electrons. The Kier molecular flexibility index (Phi) is 4.00. The summed E-state index contributed by atoms with van der Waals surface area (Å²) in [6, 6.07) is 4.55. The molecule has 0 heterocycles. The van der Waals surface area contributed by atoms with E-state index < -0.39 is 6.03 Å². The number of anilines is 1. The molecular weight excluding hydrogens is 225 g/mol. The van der Waals surface area contributed by atoms with Crippen LogP contribution >= 0.6 is 23.2 Å². The lowest BCUT2D eigenvalue weighted by molar-refractivity contribution is 0.249. The highest BCUT2D eigenvalue weighted by atomic mass is 35.5. The van der Waals surface area contributed by atoms with Gasteiger partial charge in [-0.3, -0.25) is 5.43 Å². The summed E-state index contributed by atoms with van der Waals surface area (Å²) in [5, 5.41) is 3.29. The van der Waals surface area contributed by atoms with Gasteiger partial charge in [0.05, 0.1) is 15.7 Å². The monoisotopic (exact) mass is 233 g/mol. The Labute approximate surface area is 91.5 Å². The third kappa shape index (κ3) is 2.77. The predicted octanol–water partition coefficient (Wildman–Crippen LogP) is 2.25. The van der Waals surface area contributed by atoms with Crippen molar-refractivity contribution in [3.63, 3.8) is 0 Å². The molecule has 0 aliphatic carbocycles. The molecule has 0 unspecified atom stereocenters. The molecule has 0 saturated carbocycles. The maximum Gasteiger partial charge on any atom is 0.333 e. The van der Waals surface area contributed by atoms with E-state index in [9.17, 15) is 4.79 Å². The quantitative estimate of drug-likeness (QED) is 0.687. The van der Waals surface area contributed by atoms with Crippen LogP contribution in [0, 0.1) is 0 Å². The SMILES string of the molecule is CNNC(=O)Nc1c(Cl)cccc1Cl. The minimum Gasteiger partial charge on any atom is -0.304 e. The molecule has 1 rings (SSSR count). The summed E-state index contributed by atoms with van der Waals surface area (Å²) in [5.41, 5.74) is 5.20. The van der Waals surface area contributed by atoms with Gasteiger partial charge >= 0.3 is 6.03 Å². The summed E-state index contributed by atoms with van der Waals surface area (Å²) in [7, 11) is 1.58. The molecule has 0 bridgehead atoms. The van der Waals surface area contributed by atoms with Crippen molar-refractivity contribution in [3.05, 3.63) is 28.2 Å². The van der Waals surface area contributed by atoms with E-state index in [1.807, 2.05) is 0 Å². The Bertz CT molecular complexity index is 323. The Morgan fingerprint density at radius 2 is 1.86 bits per heavy atom. The Hall–Kier alpha value is -0.970. The van der Waals surface area contributed by atoms with Gasteiger partial charge in [-0.15, -0.1) is 0 Å². The van der Waals surface area contributed by atoms with Crippen LogP contribution in [0.2, 0.25) is 10.0 Å². The summed E-state index contributed by atoms with van der Waals surface area (Å²) >= 11 is 11.7. The summed E-state index contributed by atoms with van der Waals surface area (Å²) in [6.07, 6.45) is 0. The van der Waals surface area contributed by atoms with E-state index in [0.717, 1.165) is 0 Å². The second-order valence-corrected chi connectivity index (χ2v) is 3.24. The topological polar surface area (TPSA) is 53.2 Å². The number of amides is 2. The molecule has 0 atom stereocenters. The van der Waals surface area contributed by atoms with Gasteiger partial charge in [-0.25, -0.2) is 10.2 Å². The third-order valence-corrected chi connectivity index (χ3v) is 2.07. The number of hydrogen-bond donors (Lipinski definition) is 3. The number of para-hydroxylation sites is 1. The highest BCUT2D eigenvalue weighted by Crippen LogP contribution is 2.29. The van der Waals surface area contributed by atoms with E-state index in [4.69, 9.17) is 23.2 Å². The first-order valence-corrected chi connectivity index (χ1v) is 4.58. The molecule has 1 aromatic rings. The summed E-state index contributed by atoms with van der Waals surface area (Å²) in [6.45, 7) is 0. The fraction of sp³-hybridized carbons (Fsp3) is 0.125. The van der Waals surface area contributed by atoms with Crippen LogP contribution in [0.4, 0.5) is 10.5 Å². The van der Waals surface area contributed by atoms with E-state index in [1.54, 1.807) is 25.2 Å². The highest BCUT2D eigenvalue weighted by Gasteiger charge is 2.07. The number of hydrogen-bond acceptors (Lipinski definition) is 2. The van der Waals surface area contributed by atoms with Gasteiger partial charge in [0.25, 0.3) is 0 Å². The van der Waals surface area contributed by atoms with E-state index in [-0.39, 0.29) is 0 Å². The molecule has 14 heavy (non-hydrogen) atoms. The van der Waals surface area contributed by atoms with Crippen LogP contribution in [0.3, 0.4) is 0 Å². The van der Waals surface area contributed by atoms with Crippen molar-refractivity contribution in [1.29, 1.82) is 0 Å². The molecule has 0 aliphatic heterocycles. The maximum atomic E-state index is 11.1. The van der Waals surface area contributed by atoms with Gasteiger partial charge in [-0.1, -0.05) is 29.3 Å². The minimum atomic E-state index is -0.428. The van der Waals surface area contributed by atoms with Gasteiger partial charge in [0.1, 0.15) is 0 Å². The Balaban J connectivity index is 2.80. The molecular formula is C8H9Cl2N3O. The average Bonchev–Trinajstić information content (AvgIpc) is 2.12. The number of carbonyl (C=O) groups is 1. The van der Waals surface area contributed by atoms with Crippen molar-refractivity contribution in [2.75, 3.05) is 12.4 Å². The number of halogens is 2. The van der Waals surface area contributed by atoms with Crippen LogP contribution in [-0.4, -0.2) is 13.1 Å². The Morgan fingerprint density at radius 3 is 2.36 bits per heavy atom. The number of rotatable bonds is 2. The van der Waals surface area contributed by atoms with Crippen LogP contribution in [0.15, 0.2) is 18.2 Å². The van der Waals surface area contributed by atoms with Crippen LogP contribution < -0.4 is 16.2 Å². The van der Waals surface area contributed by atoms with Gasteiger partial charge in [0.15, 0.2) is 0 Å². The maximum absolute atomic E-state index is 11.1. The first-order chi connectivity index (χ1) is 6.65. The zero-order valence-corrected chi connectivity index (χ0v) is 8.91. The molecule has 76 valence electrons. The van der Waals surface area contributed by atoms with E-state index in [2.05, 4.69) is 16.2 Å². The molecule has 4 nitrogen and oxygen atoms in total. The lowest BCUT2D eigenvalue weighted by Crippen LogP contribution is -2.37. The molecule has 2 amide bonds. The molecule has 3 N–H and O–H groups in total. The fourth-order valence-corrected chi connectivity index (χ4v) is 1.37. The van der Waals surface area contributed by atoms with Crippen molar-refractivity contribution in [2.45, 2.75) is 0 Å². The second-order valence-electron chi connectivity index (χ2n) is 2.43. The van der Waals surface area contributed by atoms with Crippen LogP contribution in [-0.2, 0) is 0 Å². The molecule has 1 aromatic carbocycles. The first kappa shape index (κ1) is 11.1. The average molecular weight is 234 g/mol. The van der Waals surface area contributed by atoms with Crippen molar-refractivity contribution >= 4 is 34.9 Å². The molecule has 6 heteroatoms. The van der Waals surface area contributed by atoms with Crippen molar-refractivity contribution in [2.24, 2.45) is 0 Å². The normalized spacial score (nSPS) is 9.64. The smallest absolute Gasteiger partial charge is 0.304 e. The summed E-state index contributed by atoms with van der Waals surface area (Å²) in [5.74, 6) is 0. The number of hydrazine groups is 1. The zero-order chi connectivity index (χ0) is 10.6. The van der Waals surface area contributed by atoms with Crippen LogP contribution in [0.5, 0.6) is 0 Å². The number of urea groups is 1. The van der Waals surface area contributed by atoms with Gasteiger partial charge in [0, 0.05) is 7.05 Å². The second kappa shape index (κ2) is 5.05. The Morgan fingerprint density at radius 1 is 1.29 bits per heavy atom. The third-order valence-electron chi connectivity index (χ3n) is 1.44. The van der Waals surface area contributed by atoms with Gasteiger partial charge < -0.3 is 5.32 Å². The lowest BCUT2D eigenvalue weighted by Gasteiger charge is -2.09. The highest BCUT2D eigenvalue weighted by molar-refractivity contribution is 6.39. The van der Waals surface area contributed by atoms with E-state index in [1.165, 1.54) is 0 Å². The van der Waals surface area contributed by atoms with Crippen molar-refractivity contribution in [3.8, 4) is 0 Å². The predicted molar refractivity (Wildman–Crippen MR) is 57.7 cm³/mol.